The fraction of sp³-hybridized carbons (Fsp3) is 0.400. The number of fused-ring (bicyclic) bond motifs is 1. The molecular weight excluding hydrogens is 558 g/mol. The number of nitrogens with two attached hydrogens (primary N) is 1. The summed E-state index contributed by atoms with van der Waals surface area (Å²) in [7, 11) is 0. The maximum Gasteiger partial charge on any atom is 0.326 e. The number of aromatic amines is 1. The fourth-order valence-electron chi connectivity index (χ4n) is 5.21. The van der Waals surface area contributed by atoms with E-state index in [0.717, 1.165) is 16.5 Å². The summed E-state index contributed by atoms with van der Waals surface area (Å²) in [5.74, 6) is -1.94. The second-order valence-electron chi connectivity index (χ2n) is 10.5. The van der Waals surface area contributed by atoms with Crippen LogP contribution in [0.4, 0.5) is 0 Å². The van der Waals surface area contributed by atoms with Crippen LogP contribution in [0.1, 0.15) is 30.4 Å². The number of carbonyl (C=O) groups excluding carboxylic acids is 3. The van der Waals surface area contributed by atoms with E-state index < -0.39 is 47.9 Å². The molecule has 0 radical (unpaired) electrons. The van der Waals surface area contributed by atoms with Gasteiger partial charge in [-0.2, -0.15) is 11.8 Å². The molecule has 0 spiro atoms. The molecule has 4 rings (SSSR count). The number of aliphatic carboxylic acids is 1. The molecule has 224 valence electrons. The summed E-state index contributed by atoms with van der Waals surface area (Å²) in [6.45, 7) is 0.272. The van der Waals surface area contributed by atoms with E-state index >= 15 is 0 Å². The largest absolute Gasteiger partial charge is 0.508 e. The van der Waals surface area contributed by atoms with Crippen LogP contribution in [-0.4, -0.2) is 86.5 Å². The van der Waals surface area contributed by atoms with Crippen molar-refractivity contribution in [2.75, 3.05) is 18.6 Å². The summed E-state index contributed by atoms with van der Waals surface area (Å²) in [5.41, 5.74) is 8.40. The minimum atomic E-state index is -1.09. The Hall–Kier alpha value is -4.03. The predicted octanol–water partition coefficient (Wildman–Crippen LogP) is 1.78. The monoisotopic (exact) mass is 595 g/mol. The Kier molecular flexibility index (Phi) is 10.5. The molecule has 7 N–H and O–H groups in total. The first-order chi connectivity index (χ1) is 20.2. The first kappa shape index (κ1) is 30.9. The van der Waals surface area contributed by atoms with E-state index in [0.29, 0.717) is 30.6 Å². The second kappa shape index (κ2) is 14.2. The van der Waals surface area contributed by atoms with Gasteiger partial charge in [-0.15, -0.1) is 0 Å². The number of nitrogens with one attached hydrogen (secondary N) is 3. The van der Waals surface area contributed by atoms with Gasteiger partial charge in [-0.3, -0.25) is 14.4 Å². The SMILES string of the molecule is CSCCC(N)C(=O)NC(Cc1ccc(O)cc1)C(=O)NC(Cc1c[nH]c2ccccc12)C(=O)N1CCCC1C(=O)O. The molecule has 12 heteroatoms. The molecule has 1 aliphatic rings. The zero-order valence-electron chi connectivity index (χ0n) is 23.4. The number of benzene rings is 2. The number of thioether (sulfide) groups is 1. The van der Waals surface area contributed by atoms with Crippen molar-refractivity contribution in [1.29, 1.82) is 0 Å². The molecule has 0 saturated carbocycles. The van der Waals surface area contributed by atoms with Crippen molar-refractivity contribution in [1.82, 2.24) is 20.5 Å². The molecule has 0 aliphatic carbocycles. The molecule has 4 unspecified atom stereocenters. The smallest absolute Gasteiger partial charge is 0.326 e. The second-order valence-corrected chi connectivity index (χ2v) is 11.5. The summed E-state index contributed by atoms with van der Waals surface area (Å²) >= 11 is 1.56. The van der Waals surface area contributed by atoms with Gasteiger partial charge in [-0.1, -0.05) is 30.3 Å². The number of carboxylic acids is 1. The maximum atomic E-state index is 13.8. The number of carboxylic acid groups (broad SMARTS) is 1. The molecular formula is C30H37N5O6S. The van der Waals surface area contributed by atoms with E-state index in [1.165, 1.54) is 17.0 Å². The molecule has 0 bridgehead atoms. The Balaban J connectivity index is 1.61. The van der Waals surface area contributed by atoms with Gasteiger partial charge in [0.1, 0.15) is 23.9 Å². The molecule has 1 aliphatic heterocycles. The van der Waals surface area contributed by atoms with Crippen LogP contribution < -0.4 is 16.4 Å². The number of rotatable bonds is 13. The van der Waals surface area contributed by atoms with Gasteiger partial charge in [-0.25, -0.2) is 4.79 Å². The highest BCUT2D eigenvalue weighted by Gasteiger charge is 2.38. The minimum Gasteiger partial charge on any atom is -0.508 e. The molecule has 1 fully saturated rings. The van der Waals surface area contributed by atoms with Gasteiger partial charge in [-0.05, 0) is 60.6 Å². The Labute approximate surface area is 248 Å². The number of likely N-dealkylation sites (tertiary alicyclic amines) is 1. The van der Waals surface area contributed by atoms with Gasteiger partial charge in [0.25, 0.3) is 0 Å². The topological polar surface area (TPSA) is 178 Å². The van der Waals surface area contributed by atoms with Gasteiger partial charge in [0.15, 0.2) is 0 Å². The predicted molar refractivity (Wildman–Crippen MR) is 161 cm³/mol. The first-order valence-electron chi connectivity index (χ1n) is 13.9. The van der Waals surface area contributed by atoms with Gasteiger partial charge >= 0.3 is 5.97 Å². The fourth-order valence-corrected chi connectivity index (χ4v) is 5.70. The lowest BCUT2D eigenvalue weighted by Gasteiger charge is -2.29. The number of nitrogens with zero attached hydrogens (tertiary/aromatic N) is 1. The van der Waals surface area contributed by atoms with Gasteiger partial charge in [0.05, 0.1) is 6.04 Å². The Morgan fingerprint density at radius 3 is 2.48 bits per heavy atom. The summed E-state index contributed by atoms with van der Waals surface area (Å²) in [6, 6.07) is 9.88. The van der Waals surface area contributed by atoms with E-state index in [2.05, 4.69) is 15.6 Å². The molecule has 42 heavy (non-hydrogen) atoms. The highest BCUT2D eigenvalue weighted by Crippen LogP contribution is 2.23. The van der Waals surface area contributed by atoms with Gasteiger partial charge < -0.3 is 36.5 Å². The molecule has 2 aromatic carbocycles. The van der Waals surface area contributed by atoms with Crippen molar-refractivity contribution >= 4 is 46.4 Å². The van der Waals surface area contributed by atoms with Crippen molar-refractivity contribution in [2.24, 2.45) is 5.73 Å². The number of phenols is 1. The number of hydrogen-bond acceptors (Lipinski definition) is 7. The summed E-state index contributed by atoms with van der Waals surface area (Å²) < 4.78 is 0. The third-order valence-electron chi connectivity index (χ3n) is 7.51. The van der Waals surface area contributed by atoms with Crippen LogP contribution in [0.2, 0.25) is 0 Å². The van der Waals surface area contributed by atoms with Gasteiger partial charge in [0, 0.05) is 36.5 Å². The lowest BCUT2D eigenvalue weighted by atomic mass is 10.0. The first-order valence-corrected chi connectivity index (χ1v) is 15.3. The van der Waals surface area contributed by atoms with Gasteiger partial charge in [0.2, 0.25) is 17.7 Å². The average Bonchev–Trinajstić information content (AvgIpc) is 3.64. The average molecular weight is 596 g/mol. The number of carbonyl (C=O) groups is 4. The molecule has 1 saturated heterocycles. The minimum absolute atomic E-state index is 0.0610. The number of hydrogen-bond donors (Lipinski definition) is 6. The zero-order valence-corrected chi connectivity index (χ0v) is 24.2. The Bertz CT molecular complexity index is 1410. The van der Waals surface area contributed by atoms with E-state index in [1.807, 2.05) is 30.5 Å². The highest BCUT2D eigenvalue weighted by molar-refractivity contribution is 7.98. The normalized spacial score (nSPS) is 17.0. The van der Waals surface area contributed by atoms with Crippen molar-refractivity contribution < 1.29 is 29.4 Å². The zero-order chi connectivity index (χ0) is 30.2. The van der Waals surface area contributed by atoms with Crippen LogP contribution in [0.25, 0.3) is 10.9 Å². The van der Waals surface area contributed by atoms with E-state index in [-0.39, 0.29) is 25.1 Å². The quantitative estimate of drug-likeness (QED) is 0.173. The number of aromatic hydroxyl groups is 1. The molecule has 3 aromatic rings. The number of aromatic nitrogens is 1. The summed E-state index contributed by atoms with van der Waals surface area (Å²) in [5, 5.41) is 25.9. The van der Waals surface area contributed by atoms with Crippen molar-refractivity contribution in [3.8, 4) is 5.75 Å². The number of H-pyrrole nitrogens is 1. The third kappa shape index (κ3) is 7.62. The van der Waals surface area contributed by atoms with Crippen molar-refractivity contribution in [2.45, 2.75) is 56.3 Å². The van der Waals surface area contributed by atoms with Crippen LogP contribution >= 0.6 is 11.8 Å². The Morgan fingerprint density at radius 2 is 1.76 bits per heavy atom. The highest BCUT2D eigenvalue weighted by atomic mass is 32.2. The van der Waals surface area contributed by atoms with Crippen LogP contribution in [0.3, 0.4) is 0 Å². The standard InChI is InChI=1S/C30H37N5O6S/c1-42-14-12-22(31)27(37)33-24(15-18-8-10-20(36)11-9-18)28(38)34-25(29(39)35-13-4-7-26(35)30(40)41)16-19-17-32-23-6-3-2-5-21(19)23/h2-3,5-6,8-11,17,22,24-26,32,36H,4,7,12-16,31H2,1H3,(H,33,37)(H,34,38)(H,40,41). The van der Waals surface area contributed by atoms with E-state index in [9.17, 15) is 29.4 Å². The van der Waals surface area contributed by atoms with Crippen molar-refractivity contribution in [3.05, 3.63) is 65.9 Å². The lowest BCUT2D eigenvalue weighted by Crippen LogP contribution is -2.58. The molecule has 1 aromatic heterocycles. The lowest BCUT2D eigenvalue weighted by molar-refractivity contribution is -0.149. The number of phenolic OH excluding ortho intramolecular Hbond substituents is 1. The molecule has 11 nitrogen and oxygen atoms in total. The van der Waals surface area contributed by atoms with Crippen LogP contribution in [-0.2, 0) is 32.0 Å². The maximum absolute atomic E-state index is 13.8. The summed E-state index contributed by atoms with van der Waals surface area (Å²) in [4.78, 5) is 57.0. The third-order valence-corrected chi connectivity index (χ3v) is 8.16. The van der Waals surface area contributed by atoms with Crippen LogP contribution in [0.5, 0.6) is 5.75 Å². The van der Waals surface area contributed by atoms with Crippen LogP contribution in [0.15, 0.2) is 54.7 Å². The molecule has 4 atom stereocenters. The number of amides is 3. The number of para-hydroxylation sites is 1. The molecule has 3 amide bonds. The van der Waals surface area contributed by atoms with Crippen LogP contribution in [0, 0.1) is 0 Å². The van der Waals surface area contributed by atoms with E-state index in [1.54, 1.807) is 30.1 Å². The Morgan fingerprint density at radius 1 is 1.05 bits per heavy atom. The summed E-state index contributed by atoms with van der Waals surface area (Å²) in [6.07, 6.45) is 5.19. The van der Waals surface area contributed by atoms with Crippen molar-refractivity contribution in [3.63, 3.8) is 0 Å². The molecule has 2 heterocycles. The van der Waals surface area contributed by atoms with E-state index in [4.69, 9.17) is 5.73 Å².